The van der Waals surface area contributed by atoms with Crippen LogP contribution in [0.5, 0.6) is 0 Å². The Morgan fingerprint density at radius 3 is 2.74 bits per heavy atom. The summed E-state index contributed by atoms with van der Waals surface area (Å²) in [7, 11) is 0. The predicted molar refractivity (Wildman–Crippen MR) is 113 cm³/mol. The molecule has 0 aliphatic carbocycles. The highest BCUT2D eigenvalue weighted by Crippen LogP contribution is 2.20. The second-order valence-corrected chi connectivity index (χ2v) is 7.82. The number of thiazole rings is 1. The van der Waals surface area contributed by atoms with Crippen LogP contribution in [0.3, 0.4) is 0 Å². The van der Waals surface area contributed by atoms with Crippen molar-refractivity contribution in [1.29, 1.82) is 0 Å². The van der Waals surface area contributed by atoms with Gasteiger partial charge in [0.2, 0.25) is 5.91 Å². The van der Waals surface area contributed by atoms with Crippen molar-refractivity contribution in [2.45, 2.75) is 5.75 Å². The summed E-state index contributed by atoms with van der Waals surface area (Å²) in [4.78, 5) is 28.7. The van der Waals surface area contributed by atoms with Crippen LogP contribution in [0.15, 0.2) is 60.1 Å². The summed E-state index contributed by atoms with van der Waals surface area (Å²) in [5.74, 6) is 0.471. The van der Waals surface area contributed by atoms with Crippen LogP contribution in [-0.2, 0) is 10.5 Å². The Morgan fingerprint density at radius 1 is 1.11 bits per heavy atom. The lowest BCUT2D eigenvalue weighted by Crippen LogP contribution is -2.19. The van der Waals surface area contributed by atoms with Gasteiger partial charge in [0.05, 0.1) is 17.0 Å². The topological polar surface area (TPSA) is 71.1 Å². The maximum atomic E-state index is 12.4. The van der Waals surface area contributed by atoms with Gasteiger partial charge < -0.3 is 5.32 Å². The van der Waals surface area contributed by atoms with Crippen molar-refractivity contribution >= 4 is 57.3 Å². The Kier molecular flexibility index (Phi) is 6.86. The van der Waals surface area contributed by atoms with E-state index in [2.05, 4.69) is 15.6 Å². The molecule has 5 nitrogen and oxygen atoms in total. The molecule has 1 aromatic heterocycles. The molecule has 3 rings (SSSR count). The van der Waals surface area contributed by atoms with E-state index < -0.39 is 0 Å². The number of hydrogen-bond donors (Lipinski definition) is 2. The molecule has 8 heteroatoms. The monoisotopic (exact) mass is 417 g/mol. The first-order chi connectivity index (χ1) is 13.1. The SMILES string of the molecule is O=C(CSCc1cccc(Cl)c1)Nc1ccccc1C(=O)Nc1nccs1. The predicted octanol–water partition coefficient (Wildman–Crippen LogP) is 4.92. The van der Waals surface area contributed by atoms with E-state index in [1.54, 1.807) is 35.8 Å². The number of halogens is 1. The third kappa shape index (κ3) is 5.82. The van der Waals surface area contributed by atoms with E-state index >= 15 is 0 Å². The molecule has 0 saturated heterocycles. The van der Waals surface area contributed by atoms with Gasteiger partial charge in [0.1, 0.15) is 0 Å². The van der Waals surface area contributed by atoms with Gasteiger partial charge in [-0.3, -0.25) is 14.9 Å². The number of thioether (sulfide) groups is 1. The van der Waals surface area contributed by atoms with Crippen LogP contribution in [0.2, 0.25) is 5.02 Å². The minimum Gasteiger partial charge on any atom is -0.325 e. The molecule has 2 N–H and O–H groups in total. The Labute approximate surface area is 170 Å². The number of benzene rings is 2. The highest BCUT2D eigenvalue weighted by Gasteiger charge is 2.14. The van der Waals surface area contributed by atoms with E-state index in [-0.39, 0.29) is 17.6 Å². The Hall–Kier alpha value is -2.35. The third-order valence-corrected chi connectivity index (χ3v) is 5.42. The van der Waals surface area contributed by atoms with Crippen molar-refractivity contribution in [1.82, 2.24) is 4.98 Å². The number of hydrogen-bond acceptors (Lipinski definition) is 5. The summed E-state index contributed by atoms with van der Waals surface area (Å²) in [6.07, 6.45) is 1.62. The van der Waals surface area contributed by atoms with Crippen LogP contribution in [-0.4, -0.2) is 22.6 Å². The lowest BCUT2D eigenvalue weighted by molar-refractivity contribution is -0.113. The number of aromatic nitrogens is 1. The summed E-state index contributed by atoms with van der Waals surface area (Å²) >= 11 is 8.77. The van der Waals surface area contributed by atoms with Gasteiger partial charge in [-0.15, -0.1) is 23.1 Å². The number of nitrogens with one attached hydrogen (secondary N) is 2. The minimum atomic E-state index is -0.313. The van der Waals surface area contributed by atoms with E-state index in [9.17, 15) is 9.59 Å². The molecular formula is C19H16ClN3O2S2. The van der Waals surface area contributed by atoms with Crippen LogP contribution in [0.25, 0.3) is 0 Å². The Morgan fingerprint density at radius 2 is 1.96 bits per heavy atom. The Balaban J connectivity index is 1.56. The zero-order chi connectivity index (χ0) is 19.1. The molecule has 0 atom stereocenters. The number of para-hydroxylation sites is 1. The largest absolute Gasteiger partial charge is 0.325 e. The van der Waals surface area contributed by atoms with Gasteiger partial charge in [-0.1, -0.05) is 35.9 Å². The molecule has 0 bridgehead atoms. The fourth-order valence-electron chi connectivity index (χ4n) is 2.31. The fourth-order valence-corrected chi connectivity index (χ4v) is 3.83. The lowest BCUT2D eigenvalue weighted by Gasteiger charge is -2.10. The van der Waals surface area contributed by atoms with Crippen molar-refractivity contribution in [2.24, 2.45) is 0 Å². The van der Waals surface area contributed by atoms with Crippen LogP contribution in [0.4, 0.5) is 10.8 Å². The maximum Gasteiger partial charge on any atom is 0.259 e. The normalized spacial score (nSPS) is 10.4. The van der Waals surface area contributed by atoms with Gasteiger partial charge in [-0.2, -0.15) is 0 Å². The van der Waals surface area contributed by atoms with Crippen LogP contribution < -0.4 is 10.6 Å². The highest BCUT2D eigenvalue weighted by molar-refractivity contribution is 7.99. The molecular weight excluding hydrogens is 402 g/mol. The van der Waals surface area contributed by atoms with E-state index in [4.69, 9.17) is 11.6 Å². The number of nitrogens with zero attached hydrogens (tertiary/aromatic N) is 1. The average molecular weight is 418 g/mol. The van der Waals surface area contributed by atoms with Crippen LogP contribution in [0.1, 0.15) is 15.9 Å². The molecule has 0 spiro atoms. The first-order valence-electron chi connectivity index (χ1n) is 8.04. The van der Waals surface area contributed by atoms with Gasteiger partial charge in [-0.25, -0.2) is 4.98 Å². The molecule has 0 fully saturated rings. The molecule has 3 aromatic rings. The molecule has 138 valence electrons. The molecule has 0 saturated carbocycles. The molecule has 27 heavy (non-hydrogen) atoms. The lowest BCUT2D eigenvalue weighted by atomic mass is 10.1. The molecule has 2 aromatic carbocycles. The van der Waals surface area contributed by atoms with E-state index in [0.717, 1.165) is 5.56 Å². The molecule has 0 unspecified atom stereocenters. The summed E-state index contributed by atoms with van der Waals surface area (Å²) in [6, 6.07) is 14.4. The number of anilines is 2. The summed E-state index contributed by atoms with van der Waals surface area (Å²) in [6.45, 7) is 0. The average Bonchev–Trinajstić information content (AvgIpc) is 3.15. The van der Waals surface area contributed by atoms with Gasteiger partial charge in [0.15, 0.2) is 5.13 Å². The van der Waals surface area contributed by atoms with Gasteiger partial charge >= 0.3 is 0 Å². The minimum absolute atomic E-state index is 0.170. The number of carbonyl (C=O) groups excluding carboxylic acids is 2. The first kappa shape index (κ1) is 19.4. The van der Waals surface area contributed by atoms with Crippen molar-refractivity contribution in [2.75, 3.05) is 16.4 Å². The zero-order valence-electron chi connectivity index (χ0n) is 14.1. The molecule has 1 heterocycles. The highest BCUT2D eigenvalue weighted by atomic mass is 35.5. The van der Waals surface area contributed by atoms with E-state index in [0.29, 0.717) is 27.2 Å². The first-order valence-corrected chi connectivity index (χ1v) is 10.4. The van der Waals surface area contributed by atoms with Gasteiger partial charge in [0, 0.05) is 22.4 Å². The molecule has 0 aliphatic rings. The Bertz CT molecular complexity index is 932. The second-order valence-electron chi connectivity index (χ2n) is 5.51. The van der Waals surface area contributed by atoms with Crippen LogP contribution in [0, 0.1) is 0 Å². The van der Waals surface area contributed by atoms with Gasteiger partial charge in [-0.05, 0) is 29.8 Å². The number of carbonyl (C=O) groups is 2. The van der Waals surface area contributed by atoms with E-state index in [1.165, 1.54) is 23.1 Å². The summed E-state index contributed by atoms with van der Waals surface area (Å²) in [5, 5.41) is 8.50. The maximum absolute atomic E-state index is 12.4. The number of amides is 2. The summed E-state index contributed by atoms with van der Waals surface area (Å²) < 4.78 is 0. The molecule has 2 amide bonds. The standard InChI is InChI=1S/C19H16ClN3O2S2/c20-14-5-3-4-13(10-14)11-26-12-17(24)22-16-7-2-1-6-15(16)18(25)23-19-21-8-9-27-19/h1-10H,11-12H2,(H,22,24)(H,21,23,25). The summed E-state index contributed by atoms with van der Waals surface area (Å²) in [5.41, 5.74) is 1.92. The zero-order valence-corrected chi connectivity index (χ0v) is 16.5. The van der Waals surface area contributed by atoms with Gasteiger partial charge in [0.25, 0.3) is 5.91 Å². The smallest absolute Gasteiger partial charge is 0.259 e. The van der Waals surface area contributed by atoms with E-state index in [1.807, 2.05) is 24.3 Å². The third-order valence-electron chi connectivity index (χ3n) is 3.49. The molecule has 0 aliphatic heterocycles. The van der Waals surface area contributed by atoms with Crippen molar-refractivity contribution < 1.29 is 9.59 Å². The second kappa shape index (κ2) is 9.55. The van der Waals surface area contributed by atoms with Crippen molar-refractivity contribution in [3.05, 3.63) is 76.3 Å². The molecule has 0 radical (unpaired) electrons. The van der Waals surface area contributed by atoms with Crippen molar-refractivity contribution in [3.8, 4) is 0 Å². The quantitative estimate of drug-likeness (QED) is 0.572. The van der Waals surface area contributed by atoms with Crippen LogP contribution >= 0.6 is 34.7 Å². The van der Waals surface area contributed by atoms with Crippen molar-refractivity contribution in [3.63, 3.8) is 0 Å². The number of rotatable bonds is 7. The fraction of sp³-hybridized carbons (Fsp3) is 0.105.